The summed E-state index contributed by atoms with van der Waals surface area (Å²) in [6, 6.07) is 3.72. The van der Waals surface area contributed by atoms with Crippen molar-refractivity contribution in [3.8, 4) is 0 Å². The predicted octanol–water partition coefficient (Wildman–Crippen LogP) is 4.11. The molecule has 21 heavy (non-hydrogen) atoms. The van der Waals surface area contributed by atoms with Gasteiger partial charge in [-0.3, -0.25) is 0 Å². The number of rotatable bonds is 6. The minimum atomic E-state index is -0.888. The van der Waals surface area contributed by atoms with Gasteiger partial charge < -0.3 is 10.4 Å². The van der Waals surface area contributed by atoms with Gasteiger partial charge in [0, 0.05) is 11.7 Å². The third-order valence-corrected chi connectivity index (χ3v) is 4.48. The van der Waals surface area contributed by atoms with Crippen LogP contribution in [0.25, 0.3) is 0 Å². The zero-order valence-electron chi connectivity index (χ0n) is 13.1. The lowest BCUT2D eigenvalue weighted by molar-refractivity contribution is 0.0696. The van der Waals surface area contributed by atoms with Crippen LogP contribution in [0.2, 0.25) is 0 Å². The average molecular weight is 290 g/mol. The van der Waals surface area contributed by atoms with Crippen LogP contribution >= 0.6 is 0 Å². The van der Waals surface area contributed by atoms with Gasteiger partial charge in [0.05, 0.1) is 5.56 Å². The molecule has 1 aromatic rings. The van der Waals surface area contributed by atoms with Crippen molar-refractivity contribution in [1.29, 1.82) is 0 Å². The Kier molecular flexibility index (Phi) is 5.59. The second-order valence-electron chi connectivity index (χ2n) is 5.95. The maximum atomic E-state index is 11.2. The van der Waals surface area contributed by atoms with E-state index in [0.717, 1.165) is 18.5 Å². The summed E-state index contributed by atoms with van der Waals surface area (Å²) < 4.78 is 0. The summed E-state index contributed by atoms with van der Waals surface area (Å²) in [6.07, 6.45) is 8.30. The third-order valence-electron chi connectivity index (χ3n) is 4.48. The molecular formula is C17H26N2O2. The molecule has 1 aliphatic carbocycles. The first kappa shape index (κ1) is 15.8. The summed E-state index contributed by atoms with van der Waals surface area (Å²) >= 11 is 0. The van der Waals surface area contributed by atoms with Crippen molar-refractivity contribution in [3.63, 3.8) is 0 Å². The van der Waals surface area contributed by atoms with Gasteiger partial charge in [0.2, 0.25) is 0 Å². The van der Waals surface area contributed by atoms with Crippen molar-refractivity contribution in [3.05, 3.63) is 23.4 Å². The largest absolute Gasteiger partial charge is 0.478 e. The van der Waals surface area contributed by atoms with Crippen LogP contribution in [-0.4, -0.2) is 22.1 Å². The number of aromatic carboxylic acids is 1. The van der Waals surface area contributed by atoms with E-state index in [2.05, 4.69) is 17.2 Å². The quantitative estimate of drug-likeness (QED) is 0.827. The second kappa shape index (κ2) is 7.43. The van der Waals surface area contributed by atoms with Crippen LogP contribution < -0.4 is 5.32 Å². The van der Waals surface area contributed by atoms with Gasteiger partial charge in [-0.25, -0.2) is 9.78 Å². The molecule has 116 valence electrons. The number of aromatic nitrogens is 1. The highest BCUT2D eigenvalue weighted by atomic mass is 16.4. The van der Waals surface area contributed by atoms with E-state index in [4.69, 9.17) is 0 Å². The van der Waals surface area contributed by atoms with Crippen LogP contribution in [0.15, 0.2) is 12.1 Å². The number of carboxylic acid groups (broad SMARTS) is 1. The second-order valence-corrected chi connectivity index (χ2v) is 5.95. The number of carboxylic acids is 1. The highest BCUT2D eigenvalue weighted by Crippen LogP contribution is 2.29. The monoisotopic (exact) mass is 290 g/mol. The lowest BCUT2D eigenvalue weighted by Gasteiger charge is -2.30. The summed E-state index contributed by atoms with van der Waals surface area (Å²) in [6.45, 7) is 4.18. The van der Waals surface area contributed by atoms with E-state index in [1.807, 2.05) is 6.92 Å². The van der Waals surface area contributed by atoms with Crippen molar-refractivity contribution in [1.82, 2.24) is 4.98 Å². The molecule has 0 bridgehead atoms. The van der Waals surface area contributed by atoms with Gasteiger partial charge in [0.15, 0.2) is 0 Å². The molecule has 1 saturated carbocycles. The van der Waals surface area contributed by atoms with Crippen LogP contribution in [0.4, 0.5) is 5.82 Å². The molecule has 1 heterocycles. The normalized spacial score (nSPS) is 17.4. The number of carbonyl (C=O) groups is 1. The Labute approximate surface area is 127 Å². The average Bonchev–Trinajstić information content (AvgIpc) is 2.53. The molecule has 0 radical (unpaired) electrons. The number of anilines is 1. The Balaban J connectivity index is 2.15. The maximum Gasteiger partial charge on any atom is 0.335 e. The zero-order valence-corrected chi connectivity index (χ0v) is 13.1. The van der Waals surface area contributed by atoms with Gasteiger partial charge in [-0.1, -0.05) is 33.1 Å². The molecule has 0 aromatic carbocycles. The van der Waals surface area contributed by atoms with Gasteiger partial charge in [0.1, 0.15) is 5.82 Å². The van der Waals surface area contributed by atoms with Crippen molar-refractivity contribution < 1.29 is 9.90 Å². The standard InChI is InChI=1S/C17H26N2O2/c1-3-14-10-13(17(20)21)11-16(18-14)19-15(4-2)12-8-6-5-7-9-12/h10-12,15H,3-9H2,1-2H3,(H,18,19)(H,20,21). The lowest BCUT2D eigenvalue weighted by atomic mass is 9.83. The highest BCUT2D eigenvalue weighted by Gasteiger charge is 2.22. The fourth-order valence-corrected chi connectivity index (χ4v) is 3.25. The molecule has 0 aliphatic heterocycles. The van der Waals surface area contributed by atoms with E-state index in [1.54, 1.807) is 12.1 Å². The molecule has 1 unspecified atom stereocenters. The van der Waals surface area contributed by atoms with Crippen LogP contribution in [0.1, 0.15) is 68.4 Å². The van der Waals surface area contributed by atoms with Crippen molar-refractivity contribution in [2.24, 2.45) is 5.92 Å². The van der Waals surface area contributed by atoms with Crippen LogP contribution in [0.5, 0.6) is 0 Å². The topological polar surface area (TPSA) is 62.2 Å². The molecule has 0 amide bonds. The summed E-state index contributed by atoms with van der Waals surface area (Å²) in [5.41, 5.74) is 1.15. The van der Waals surface area contributed by atoms with Crippen molar-refractivity contribution >= 4 is 11.8 Å². The van der Waals surface area contributed by atoms with Crippen molar-refractivity contribution in [2.45, 2.75) is 64.8 Å². The number of nitrogens with one attached hydrogen (secondary N) is 1. The Morgan fingerprint density at radius 1 is 1.33 bits per heavy atom. The molecule has 0 saturated heterocycles. The predicted molar refractivity (Wildman–Crippen MR) is 84.9 cm³/mol. The third kappa shape index (κ3) is 4.19. The summed E-state index contributed by atoms with van der Waals surface area (Å²) in [5.74, 6) is 0.508. The van der Waals surface area contributed by atoms with E-state index >= 15 is 0 Å². The summed E-state index contributed by atoms with van der Waals surface area (Å²) in [5, 5.41) is 12.7. The van der Waals surface area contributed by atoms with Gasteiger partial charge >= 0.3 is 5.97 Å². The number of hydrogen-bond donors (Lipinski definition) is 2. The fraction of sp³-hybridized carbons (Fsp3) is 0.647. The molecule has 2 rings (SSSR count). The van der Waals surface area contributed by atoms with Crippen LogP contribution in [-0.2, 0) is 6.42 Å². The molecule has 1 atom stereocenters. The smallest absolute Gasteiger partial charge is 0.335 e. The summed E-state index contributed by atoms with van der Waals surface area (Å²) in [4.78, 5) is 15.8. The minimum Gasteiger partial charge on any atom is -0.478 e. The first-order valence-electron chi connectivity index (χ1n) is 8.14. The van der Waals surface area contributed by atoms with E-state index in [9.17, 15) is 9.90 Å². The molecule has 1 fully saturated rings. The Bertz CT molecular complexity index is 482. The van der Waals surface area contributed by atoms with Gasteiger partial charge in [-0.2, -0.15) is 0 Å². The number of aryl methyl sites for hydroxylation is 1. The van der Waals surface area contributed by atoms with E-state index < -0.39 is 5.97 Å². The Hall–Kier alpha value is -1.58. The fourth-order valence-electron chi connectivity index (χ4n) is 3.25. The molecule has 1 aliphatic rings. The molecule has 2 N–H and O–H groups in total. The number of nitrogens with zero attached hydrogens (tertiary/aromatic N) is 1. The molecular weight excluding hydrogens is 264 g/mol. The van der Waals surface area contributed by atoms with Gasteiger partial charge in [-0.05, 0) is 43.7 Å². The van der Waals surface area contributed by atoms with Crippen molar-refractivity contribution in [2.75, 3.05) is 5.32 Å². The van der Waals surface area contributed by atoms with E-state index in [1.165, 1.54) is 32.1 Å². The maximum absolute atomic E-state index is 11.2. The minimum absolute atomic E-state index is 0.322. The Morgan fingerprint density at radius 2 is 2.05 bits per heavy atom. The zero-order chi connectivity index (χ0) is 15.2. The van der Waals surface area contributed by atoms with Crippen LogP contribution in [0, 0.1) is 5.92 Å². The van der Waals surface area contributed by atoms with E-state index in [-0.39, 0.29) is 0 Å². The molecule has 1 aromatic heterocycles. The SMILES string of the molecule is CCc1cc(C(=O)O)cc(NC(CC)C2CCCCC2)n1. The molecule has 4 nitrogen and oxygen atoms in total. The first-order chi connectivity index (χ1) is 10.1. The molecule has 0 spiro atoms. The van der Waals surface area contributed by atoms with Crippen LogP contribution in [0.3, 0.4) is 0 Å². The first-order valence-corrected chi connectivity index (χ1v) is 8.14. The Morgan fingerprint density at radius 3 is 2.62 bits per heavy atom. The summed E-state index contributed by atoms with van der Waals surface area (Å²) in [7, 11) is 0. The van der Waals surface area contributed by atoms with E-state index in [0.29, 0.717) is 23.3 Å². The van der Waals surface area contributed by atoms with Gasteiger partial charge in [-0.15, -0.1) is 0 Å². The highest BCUT2D eigenvalue weighted by molar-refractivity contribution is 5.88. The molecule has 4 heteroatoms. The van der Waals surface area contributed by atoms with Gasteiger partial charge in [0.25, 0.3) is 0 Å². The number of pyridine rings is 1. The lowest BCUT2D eigenvalue weighted by Crippen LogP contribution is -2.30. The number of hydrogen-bond acceptors (Lipinski definition) is 3.